The molecule has 470 valence electrons. The Morgan fingerprint density at radius 1 is 0.134 bits per heavy atom. The third-order valence-electron chi connectivity index (χ3n) is 7.11. The molecule has 0 bridgehead atoms. The largest absolute Gasteiger partial charge is 0.255 e. The minimum atomic E-state index is -0.178. The van der Waals surface area contributed by atoms with Crippen LogP contribution >= 0.6 is 0 Å². The molecular weight excluding hydrogens is 1040 g/mol. The number of halogens is 8. The van der Waals surface area contributed by atoms with E-state index < -0.39 is 0 Å². The van der Waals surface area contributed by atoms with Gasteiger partial charge in [0.1, 0.15) is 11.6 Å². The van der Waals surface area contributed by atoms with Crippen LogP contribution in [0.3, 0.4) is 0 Å². The molecule has 0 saturated heterocycles. The van der Waals surface area contributed by atoms with Crippen molar-refractivity contribution in [2.24, 2.45) is 0 Å². The lowest BCUT2D eigenvalue weighted by Gasteiger charge is -1.98. The molecule has 8 heteroatoms. The predicted octanol–water partition coefficient (Wildman–Crippen LogP) is 27.5. The number of alkyl halides is 6. The summed E-state index contributed by atoms with van der Waals surface area (Å²) in [6.45, 7) is 40.0. The average Bonchev–Trinajstić information content (AvgIpc) is 3.64. The van der Waals surface area contributed by atoms with Crippen molar-refractivity contribution in [3.05, 3.63) is 254 Å². The zero-order valence-electron chi connectivity index (χ0n) is 56.1. The lowest BCUT2D eigenvalue weighted by atomic mass is 10.1. The van der Waals surface area contributed by atoms with E-state index in [2.05, 4.69) is 146 Å². The van der Waals surface area contributed by atoms with Gasteiger partial charge in [-0.05, 0) is 57.6 Å². The minimum absolute atomic E-state index is 0.178. The molecule has 8 aromatic rings. The summed E-state index contributed by atoms with van der Waals surface area (Å²) in [4.78, 5) is 0. The van der Waals surface area contributed by atoms with Crippen LogP contribution in [0.4, 0.5) is 35.1 Å². The van der Waals surface area contributed by atoms with Crippen LogP contribution in [0, 0.1) is 11.6 Å². The van der Waals surface area contributed by atoms with E-state index in [9.17, 15) is 35.1 Å². The fourth-order valence-electron chi connectivity index (χ4n) is 4.61. The zero-order valence-corrected chi connectivity index (χ0v) is 56.1. The number of hydrogen-bond donors (Lipinski definition) is 0. The van der Waals surface area contributed by atoms with Crippen LogP contribution in [0.15, 0.2) is 243 Å². The summed E-state index contributed by atoms with van der Waals surface area (Å²) in [5.74, 6) is -0.356. The van der Waals surface area contributed by atoms with Crippen LogP contribution in [0.25, 0.3) is 33.4 Å². The maximum absolute atomic E-state index is 11.9. The molecule has 0 amide bonds. The molecule has 0 saturated carbocycles. The van der Waals surface area contributed by atoms with E-state index in [1.54, 1.807) is 36.4 Å². The van der Waals surface area contributed by atoms with E-state index in [1.807, 2.05) is 175 Å². The first-order chi connectivity index (χ1) is 40.7. The molecular formula is C74H118F8. The van der Waals surface area contributed by atoms with Crippen LogP contribution in [0.5, 0.6) is 0 Å². The van der Waals surface area contributed by atoms with Gasteiger partial charge in [0.2, 0.25) is 0 Å². The van der Waals surface area contributed by atoms with Gasteiger partial charge >= 0.3 is 0 Å². The van der Waals surface area contributed by atoms with Gasteiger partial charge in [-0.3, -0.25) is 26.3 Å². The predicted molar refractivity (Wildman–Crippen MR) is 364 cm³/mol. The summed E-state index contributed by atoms with van der Waals surface area (Å²) < 4.78 is 80.8. The molecule has 0 aliphatic carbocycles. The van der Waals surface area contributed by atoms with Gasteiger partial charge in [0.05, 0.1) is 43.1 Å². The standard InChI is InChI=1S/3C12H10.2C6H5F.10C2H6.6CH3F/c3*1-3-7-11(8-4-1)12-9-5-2-6-10-12;2*7-6-4-2-1-3-5-6;16*1-2/h3*1-10H;2*1-5H;10*1-2H3;6*1H3. The summed E-state index contributed by atoms with van der Waals surface area (Å²) in [5.41, 5.74) is 7.66. The van der Waals surface area contributed by atoms with Gasteiger partial charge in [0, 0.05) is 0 Å². The number of hydrogen-bond acceptors (Lipinski definition) is 0. The van der Waals surface area contributed by atoms with E-state index in [-0.39, 0.29) is 11.6 Å². The van der Waals surface area contributed by atoms with E-state index in [0.29, 0.717) is 43.1 Å². The molecule has 0 fully saturated rings. The summed E-state index contributed by atoms with van der Waals surface area (Å²) in [7, 11) is 3.00. The molecule has 0 aliphatic rings. The molecule has 0 heterocycles. The fraction of sp³-hybridized carbons (Fsp3) is 0.351. The maximum atomic E-state index is 11.9. The Bertz CT molecular complexity index is 1650. The zero-order chi connectivity index (χ0) is 66.9. The van der Waals surface area contributed by atoms with Crippen molar-refractivity contribution in [3.8, 4) is 33.4 Å². The third kappa shape index (κ3) is 79.7. The Kier molecular flexibility index (Phi) is 159. The van der Waals surface area contributed by atoms with Gasteiger partial charge in [-0.1, -0.05) is 357 Å². The SMILES string of the molecule is CC.CC.CC.CC.CC.CC.CC.CC.CC.CC.CF.CF.CF.CF.CF.CF.Fc1ccccc1.Fc1ccccc1.c1ccc(-c2ccccc2)cc1.c1ccc(-c2ccccc2)cc1.c1ccc(-c2ccccc2)cc1. The fourth-order valence-corrected chi connectivity index (χ4v) is 4.61. The smallest absolute Gasteiger partial charge is 0.123 e. The van der Waals surface area contributed by atoms with Gasteiger partial charge in [0.15, 0.2) is 0 Å². The highest BCUT2D eigenvalue weighted by Gasteiger charge is 1.94. The first-order valence-corrected chi connectivity index (χ1v) is 28.7. The minimum Gasteiger partial charge on any atom is -0.255 e. The summed E-state index contributed by atoms with van der Waals surface area (Å²) in [5, 5.41) is 0. The average molecular weight is 1160 g/mol. The van der Waals surface area contributed by atoms with Crippen molar-refractivity contribution in [3.63, 3.8) is 0 Å². The highest BCUT2D eigenvalue weighted by Crippen LogP contribution is 2.19. The summed E-state index contributed by atoms with van der Waals surface area (Å²) in [6, 6.07) is 78.2. The van der Waals surface area contributed by atoms with Gasteiger partial charge in [-0.15, -0.1) is 0 Å². The first-order valence-electron chi connectivity index (χ1n) is 28.7. The number of benzene rings is 8. The highest BCUT2D eigenvalue weighted by atomic mass is 19.1. The van der Waals surface area contributed by atoms with Crippen molar-refractivity contribution in [2.75, 3.05) is 43.1 Å². The Morgan fingerprint density at radius 3 is 0.268 bits per heavy atom. The molecule has 0 nitrogen and oxygen atoms in total. The van der Waals surface area contributed by atoms with Crippen LogP contribution in [-0.2, 0) is 0 Å². The van der Waals surface area contributed by atoms with Gasteiger partial charge in [0.25, 0.3) is 0 Å². The van der Waals surface area contributed by atoms with E-state index >= 15 is 0 Å². The van der Waals surface area contributed by atoms with E-state index in [1.165, 1.54) is 57.6 Å². The summed E-state index contributed by atoms with van der Waals surface area (Å²) in [6.07, 6.45) is 0. The second-order valence-electron chi connectivity index (χ2n) is 10.8. The molecule has 8 aromatic carbocycles. The van der Waals surface area contributed by atoms with Crippen molar-refractivity contribution < 1.29 is 35.1 Å². The molecule has 0 aliphatic heterocycles. The van der Waals surface area contributed by atoms with Crippen molar-refractivity contribution >= 4 is 0 Å². The molecule has 0 N–H and O–H groups in total. The third-order valence-corrected chi connectivity index (χ3v) is 7.11. The second-order valence-corrected chi connectivity index (χ2v) is 10.8. The maximum Gasteiger partial charge on any atom is 0.123 e. The van der Waals surface area contributed by atoms with Crippen molar-refractivity contribution in [2.45, 2.75) is 138 Å². The molecule has 0 unspecified atom stereocenters. The van der Waals surface area contributed by atoms with Crippen LogP contribution < -0.4 is 0 Å². The summed E-state index contributed by atoms with van der Waals surface area (Å²) >= 11 is 0. The second kappa shape index (κ2) is 122. The first kappa shape index (κ1) is 107. The number of rotatable bonds is 3. The topological polar surface area (TPSA) is 0 Å². The molecule has 8 rings (SSSR count). The van der Waals surface area contributed by atoms with Gasteiger partial charge in [-0.2, -0.15) is 0 Å². The molecule has 0 spiro atoms. The molecule has 0 atom stereocenters. The lowest BCUT2D eigenvalue weighted by Crippen LogP contribution is -1.73. The van der Waals surface area contributed by atoms with E-state index in [0.717, 1.165) is 0 Å². The van der Waals surface area contributed by atoms with Gasteiger partial charge < -0.3 is 0 Å². The Hall–Kier alpha value is -6.80. The van der Waals surface area contributed by atoms with Crippen LogP contribution in [0.2, 0.25) is 0 Å². The molecule has 82 heavy (non-hydrogen) atoms. The normalized spacial score (nSPS) is 6.90. The van der Waals surface area contributed by atoms with Crippen LogP contribution in [-0.4, -0.2) is 43.1 Å². The van der Waals surface area contributed by atoms with Crippen LogP contribution in [0.1, 0.15) is 138 Å². The highest BCUT2D eigenvalue weighted by molar-refractivity contribution is 5.64. The van der Waals surface area contributed by atoms with Gasteiger partial charge in [-0.25, -0.2) is 8.78 Å². The molecule has 0 aromatic heterocycles. The lowest BCUT2D eigenvalue weighted by molar-refractivity contribution is 0.627. The quantitative estimate of drug-likeness (QED) is 0.155. The van der Waals surface area contributed by atoms with Crippen molar-refractivity contribution in [1.82, 2.24) is 0 Å². The Balaban J connectivity index is -0.0000000592. The van der Waals surface area contributed by atoms with Crippen molar-refractivity contribution in [1.29, 1.82) is 0 Å². The Labute approximate surface area is 502 Å². The molecule has 0 radical (unpaired) electrons. The monoisotopic (exact) mass is 1160 g/mol. The van der Waals surface area contributed by atoms with E-state index in [4.69, 9.17) is 0 Å². The Morgan fingerprint density at radius 2 is 0.207 bits per heavy atom.